The molecule has 0 aromatic heterocycles. The average Bonchev–Trinajstić information content (AvgIpc) is 2.23. The Labute approximate surface area is 101 Å². The maximum atomic E-state index is 3.47. The second-order valence-corrected chi connectivity index (χ2v) is 4.36. The number of halogens is 1. The van der Waals surface area contributed by atoms with Crippen LogP contribution in [0.25, 0.3) is 0 Å². The van der Waals surface area contributed by atoms with E-state index in [2.05, 4.69) is 64.6 Å². The van der Waals surface area contributed by atoms with Gasteiger partial charge in [-0.1, -0.05) is 47.1 Å². The van der Waals surface area contributed by atoms with Gasteiger partial charge in [-0.2, -0.15) is 0 Å². The Hall–Kier alpha value is -0.600. The summed E-state index contributed by atoms with van der Waals surface area (Å²) in [5, 5.41) is 3.30. The Morgan fingerprint density at radius 3 is 2.93 bits per heavy atom. The number of hydrogen-bond donors (Lipinski definition) is 1. The molecule has 15 heavy (non-hydrogen) atoms. The van der Waals surface area contributed by atoms with Crippen LogP contribution >= 0.6 is 15.9 Å². The van der Waals surface area contributed by atoms with Gasteiger partial charge in [0.2, 0.25) is 0 Å². The normalized spacial score (nSPS) is 11.1. The van der Waals surface area contributed by atoms with E-state index in [0.29, 0.717) is 0 Å². The first-order chi connectivity index (χ1) is 7.33. The molecule has 0 bridgehead atoms. The van der Waals surface area contributed by atoms with E-state index in [-0.39, 0.29) is 0 Å². The molecule has 0 saturated heterocycles. The summed E-state index contributed by atoms with van der Waals surface area (Å²) in [6.07, 6.45) is 6.61. The molecular weight excluding hydrogens is 250 g/mol. The maximum Gasteiger partial charge on any atom is 0.0178 e. The average molecular weight is 268 g/mol. The zero-order valence-electron chi connectivity index (χ0n) is 9.17. The molecular formula is C13H18BrN. The van der Waals surface area contributed by atoms with Gasteiger partial charge >= 0.3 is 0 Å². The first-order valence-corrected chi connectivity index (χ1v) is 6.22. The predicted molar refractivity (Wildman–Crippen MR) is 70.1 cm³/mol. The van der Waals surface area contributed by atoms with E-state index >= 15 is 0 Å². The summed E-state index contributed by atoms with van der Waals surface area (Å²) in [4.78, 5) is 0. The number of allylic oxidation sites excluding steroid dienone is 1. The van der Waals surface area contributed by atoms with Gasteiger partial charge in [0.15, 0.2) is 0 Å². The molecule has 0 atom stereocenters. The highest BCUT2D eigenvalue weighted by molar-refractivity contribution is 9.10. The minimum absolute atomic E-state index is 1.02. The van der Waals surface area contributed by atoms with Crippen molar-refractivity contribution in [2.45, 2.75) is 19.8 Å². The summed E-state index contributed by atoms with van der Waals surface area (Å²) in [6.45, 7) is 4.26. The Balaban J connectivity index is 2.24. The Morgan fingerprint density at radius 2 is 2.20 bits per heavy atom. The predicted octanol–water partition coefficient (Wildman–Crippen LogP) is 3.55. The molecule has 0 heterocycles. The van der Waals surface area contributed by atoms with Crippen LogP contribution in [0.15, 0.2) is 40.9 Å². The van der Waals surface area contributed by atoms with Crippen molar-refractivity contribution >= 4 is 15.9 Å². The van der Waals surface area contributed by atoms with Crippen LogP contribution in [-0.4, -0.2) is 13.1 Å². The van der Waals surface area contributed by atoms with E-state index in [0.717, 1.165) is 30.4 Å². The van der Waals surface area contributed by atoms with Gasteiger partial charge in [0, 0.05) is 4.47 Å². The van der Waals surface area contributed by atoms with E-state index in [1.807, 2.05) is 0 Å². The fourth-order valence-corrected chi connectivity index (χ4v) is 1.81. The third-order valence-corrected chi connectivity index (χ3v) is 2.64. The number of hydrogen-bond acceptors (Lipinski definition) is 1. The molecule has 0 saturated carbocycles. The summed E-state index contributed by atoms with van der Waals surface area (Å²) < 4.78 is 1.15. The van der Waals surface area contributed by atoms with Crippen LogP contribution in [0, 0.1) is 0 Å². The van der Waals surface area contributed by atoms with Crippen molar-refractivity contribution in [2.75, 3.05) is 13.1 Å². The minimum Gasteiger partial charge on any atom is -0.317 e. The van der Waals surface area contributed by atoms with Crippen LogP contribution in [0.2, 0.25) is 0 Å². The van der Waals surface area contributed by atoms with Crippen molar-refractivity contribution in [1.82, 2.24) is 5.32 Å². The standard InChI is InChI=1S/C13H18BrN/c1-2-15-10-5-3-4-7-12-8-6-9-13(14)11-12/h3-4,6,8-9,11,15H,2,5,7,10H2,1H3. The molecule has 0 fully saturated rings. The molecule has 82 valence electrons. The van der Waals surface area contributed by atoms with E-state index in [1.165, 1.54) is 5.56 Å². The molecule has 0 unspecified atom stereocenters. The van der Waals surface area contributed by atoms with E-state index < -0.39 is 0 Å². The van der Waals surface area contributed by atoms with E-state index in [4.69, 9.17) is 0 Å². The van der Waals surface area contributed by atoms with Crippen LogP contribution < -0.4 is 5.32 Å². The SMILES string of the molecule is CCNCCC=CCc1cccc(Br)c1. The van der Waals surface area contributed by atoms with Gasteiger partial charge in [-0.25, -0.2) is 0 Å². The van der Waals surface area contributed by atoms with E-state index in [9.17, 15) is 0 Å². The highest BCUT2D eigenvalue weighted by atomic mass is 79.9. The van der Waals surface area contributed by atoms with Crippen LogP contribution in [0.4, 0.5) is 0 Å². The molecule has 0 spiro atoms. The lowest BCUT2D eigenvalue weighted by atomic mass is 10.1. The molecule has 0 aliphatic carbocycles. The maximum absolute atomic E-state index is 3.47. The summed E-state index contributed by atoms with van der Waals surface area (Å²) in [6, 6.07) is 8.44. The smallest absolute Gasteiger partial charge is 0.0178 e. The zero-order valence-corrected chi connectivity index (χ0v) is 10.8. The highest BCUT2D eigenvalue weighted by Crippen LogP contribution is 2.12. The molecule has 0 radical (unpaired) electrons. The van der Waals surface area contributed by atoms with Crippen molar-refractivity contribution in [3.8, 4) is 0 Å². The van der Waals surface area contributed by atoms with Crippen molar-refractivity contribution in [1.29, 1.82) is 0 Å². The van der Waals surface area contributed by atoms with Crippen molar-refractivity contribution in [2.24, 2.45) is 0 Å². The highest BCUT2D eigenvalue weighted by Gasteiger charge is 1.90. The Kier molecular flexibility index (Phi) is 6.37. The summed E-state index contributed by atoms with van der Waals surface area (Å²) in [5.74, 6) is 0. The monoisotopic (exact) mass is 267 g/mol. The first-order valence-electron chi connectivity index (χ1n) is 5.43. The van der Waals surface area contributed by atoms with Gasteiger partial charge in [0.1, 0.15) is 0 Å². The zero-order chi connectivity index (χ0) is 10.9. The second kappa shape index (κ2) is 7.66. The van der Waals surface area contributed by atoms with Crippen molar-refractivity contribution in [3.63, 3.8) is 0 Å². The van der Waals surface area contributed by atoms with Gasteiger partial charge < -0.3 is 5.32 Å². The van der Waals surface area contributed by atoms with Crippen LogP contribution in [-0.2, 0) is 6.42 Å². The van der Waals surface area contributed by atoms with Gasteiger partial charge in [0.25, 0.3) is 0 Å². The van der Waals surface area contributed by atoms with Gasteiger partial charge in [-0.3, -0.25) is 0 Å². The molecule has 1 nitrogen and oxygen atoms in total. The number of benzene rings is 1. The molecule has 2 heteroatoms. The van der Waals surface area contributed by atoms with Crippen molar-refractivity contribution < 1.29 is 0 Å². The topological polar surface area (TPSA) is 12.0 Å². The molecule has 0 aliphatic rings. The molecule has 1 N–H and O–H groups in total. The molecule has 1 rings (SSSR count). The third-order valence-electron chi connectivity index (χ3n) is 2.15. The quantitative estimate of drug-likeness (QED) is 0.614. The van der Waals surface area contributed by atoms with Gasteiger partial charge in [0.05, 0.1) is 0 Å². The first kappa shape index (κ1) is 12.5. The van der Waals surface area contributed by atoms with Crippen molar-refractivity contribution in [3.05, 3.63) is 46.5 Å². The number of rotatable bonds is 6. The summed E-state index contributed by atoms with van der Waals surface area (Å²) in [5.41, 5.74) is 1.35. The summed E-state index contributed by atoms with van der Waals surface area (Å²) >= 11 is 3.47. The number of nitrogens with one attached hydrogen (secondary N) is 1. The fourth-order valence-electron chi connectivity index (χ4n) is 1.36. The van der Waals surface area contributed by atoms with E-state index in [1.54, 1.807) is 0 Å². The van der Waals surface area contributed by atoms with Crippen LogP contribution in [0.5, 0.6) is 0 Å². The largest absolute Gasteiger partial charge is 0.317 e. The van der Waals surface area contributed by atoms with Crippen LogP contribution in [0.1, 0.15) is 18.9 Å². The molecule has 1 aromatic rings. The Bertz CT molecular complexity index is 307. The third kappa shape index (κ3) is 5.75. The van der Waals surface area contributed by atoms with Gasteiger partial charge in [-0.15, -0.1) is 0 Å². The molecule has 0 amide bonds. The minimum atomic E-state index is 1.02. The fraction of sp³-hybridized carbons (Fsp3) is 0.385. The molecule has 1 aromatic carbocycles. The molecule has 0 aliphatic heterocycles. The lowest BCUT2D eigenvalue weighted by Gasteiger charge is -1.98. The van der Waals surface area contributed by atoms with Crippen LogP contribution in [0.3, 0.4) is 0 Å². The van der Waals surface area contributed by atoms with Gasteiger partial charge in [-0.05, 0) is 43.6 Å². The lowest BCUT2D eigenvalue weighted by Crippen LogP contribution is -2.12. The second-order valence-electron chi connectivity index (χ2n) is 3.45. The Morgan fingerprint density at radius 1 is 1.33 bits per heavy atom. The lowest BCUT2D eigenvalue weighted by molar-refractivity contribution is 0.726. The summed E-state index contributed by atoms with van der Waals surface area (Å²) in [7, 11) is 0.